The Morgan fingerprint density at radius 1 is 0.936 bits per heavy atom. The standard InChI is InChI=1S/C28H29Cl2N3O7.C2HF3O2/c1-14(2)24(32-27(38)25-15(3)16-8-5-6-11-20(16)33(25)4)26(37)31-19(12-22(35)36)21(34)13-40-28(39)23-17(29)9-7-10-18(23)30;3-2(4,5)1(6)7/h5-11,14,19,24H,12-13H2,1-4H3,(H,31,37)(H,32,38)(H,35,36);(H,6,7)/t19?,24-;/m0./s1. The molecule has 4 N–H and O–H groups in total. The first-order valence-corrected chi connectivity index (χ1v) is 14.3. The van der Waals surface area contributed by atoms with Crippen molar-refractivity contribution in [1.29, 1.82) is 0 Å². The number of carboxylic acids is 2. The second-order valence-electron chi connectivity index (χ2n) is 10.3. The van der Waals surface area contributed by atoms with Crippen molar-refractivity contribution < 1.29 is 56.9 Å². The van der Waals surface area contributed by atoms with E-state index < -0.39 is 72.7 Å². The number of carboxylic acid groups (broad SMARTS) is 2. The minimum Gasteiger partial charge on any atom is -0.481 e. The highest BCUT2D eigenvalue weighted by molar-refractivity contribution is 6.39. The molecule has 1 heterocycles. The summed E-state index contributed by atoms with van der Waals surface area (Å²) in [5.74, 6) is -7.66. The van der Waals surface area contributed by atoms with Crippen LogP contribution in [0.1, 0.15) is 46.7 Å². The molecular formula is C30H30Cl2F3N3O9. The summed E-state index contributed by atoms with van der Waals surface area (Å²) in [4.78, 5) is 72.1. The van der Waals surface area contributed by atoms with Crippen LogP contribution < -0.4 is 10.6 Å². The van der Waals surface area contributed by atoms with E-state index >= 15 is 0 Å². The van der Waals surface area contributed by atoms with Crippen molar-refractivity contribution in [3.8, 4) is 0 Å². The largest absolute Gasteiger partial charge is 0.490 e. The Labute approximate surface area is 275 Å². The summed E-state index contributed by atoms with van der Waals surface area (Å²) in [7, 11) is 1.74. The van der Waals surface area contributed by atoms with Gasteiger partial charge in [0.1, 0.15) is 17.8 Å². The zero-order chi connectivity index (χ0) is 35.8. The van der Waals surface area contributed by atoms with E-state index in [2.05, 4.69) is 10.6 Å². The van der Waals surface area contributed by atoms with Crippen LogP contribution in [0.2, 0.25) is 10.0 Å². The number of ketones is 1. The monoisotopic (exact) mass is 703 g/mol. The Morgan fingerprint density at radius 2 is 1.49 bits per heavy atom. The maximum atomic E-state index is 13.3. The van der Waals surface area contributed by atoms with Gasteiger partial charge in [-0.1, -0.05) is 61.3 Å². The number of carbonyl (C=O) groups is 6. The van der Waals surface area contributed by atoms with Gasteiger partial charge >= 0.3 is 24.1 Å². The predicted molar refractivity (Wildman–Crippen MR) is 163 cm³/mol. The molecule has 0 saturated carbocycles. The first-order valence-electron chi connectivity index (χ1n) is 13.6. The fourth-order valence-corrected chi connectivity index (χ4v) is 4.89. The van der Waals surface area contributed by atoms with Crippen molar-refractivity contribution >= 4 is 69.6 Å². The molecular weight excluding hydrogens is 674 g/mol. The van der Waals surface area contributed by atoms with Gasteiger partial charge in [-0.05, 0) is 36.6 Å². The number of aryl methyl sites for hydroxylation is 2. The Bertz CT molecular complexity index is 1630. The number of ether oxygens (including phenoxy) is 1. The first-order chi connectivity index (χ1) is 21.8. The highest BCUT2D eigenvalue weighted by Gasteiger charge is 2.38. The quantitative estimate of drug-likeness (QED) is 0.208. The molecule has 0 spiro atoms. The highest BCUT2D eigenvalue weighted by atomic mass is 35.5. The van der Waals surface area contributed by atoms with E-state index in [1.807, 2.05) is 24.3 Å². The third-order valence-corrected chi connectivity index (χ3v) is 7.28. The number of amides is 2. The molecule has 1 unspecified atom stereocenters. The molecule has 0 aliphatic carbocycles. The Morgan fingerprint density at radius 3 is 1.98 bits per heavy atom. The van der Waals surface area contributed by atoms with E-state index in [9.17, 15) is 42.3 Å². The SMILES string of the molecule is Cc1c(C(=O)N[C@H](C(=O)NC(CC(=O)O)C(=O)COC(=O)c2c(Cl)cccc2Cl)C(C)C)n(C)c2ccccc12.O=C(O)C(F)(F)F. The summed E-state index contributed by atoms with van der Waals surface area (Å²) in [6, 6.07) is 9.21. The summed E-state index contributed by atoms with van der Waals surface area (Å²) < 4.78 is 38.5. The second kappa shape index (κ2) is 16.3. The normalized spacial score (nSPS) is 12.4. The molecule has 2 atom stereocenters. The van der Waals surface area contributed by atoms with Gasteiger partial charge in [0.25, 0.3) is 5.91 Å². The van der Waals surface area contributed by atoms with E-state index in [-0.39, 0.29) is 15.6 Å². The fraction of sp³-hybridized carbons (Fsp3) is 0.333. The summed E-state index contributed by atoms with van der Waals surface area (Å²) in [6.07, 6.45) is -5.85. The molecule has 0 aliphatic rings. The van der Waals surface area contributed by atoms with Crippen LogP contribution >= 0.6 is 23.2 Å². The molecule has 0 radical (unpaired) electrons. The van der Waals surface area contributed by atoms with Crippen molar-refractivity contribution in [3.63, 3.8) is 0 Å². The molecule has 12 nitrogen and oxygen atoms in total. The van der Waals surface area contributed by atoms with E-state index in [0.717, 1.165) is 16.5 Å². The van der Waals surface area contributed by atoms with E-state index in [0.29, 0.717) is 5.69 Å². The number of hydrogen-bond donors (Lipinski definition) is 4. The summed E-state index contributed by atoms with van der Waals surface area (Å²) in [5, 5.41) is 22.5. The van der Waals surface area contributed by atoms with Crippen LogP contribution in [0, 0.1) is 12.8 Å². The van der Waals surface area contributed by atoms with E-state index in [1.165, 1.54) is 18.2 Å². The maximum absolute atomic E-state index is 13.3. The third kappa shape index (κ3) is 10.2. The van der Waals surface area contributed by atoms with Crippen LogP contribution in [0.4, 0.5) is 13.2 Å². The van der Waals surface area contributed by atoms with Crippen LogP contribution in [0.3, 0.4) is 0 Å². The van der Waals surface area contributed by atoms with E-state index in [1.54, 1.807) is 32.4 Å². The van der Waals surface area contributed by atoms with Gasteiger partial charge in [0, 0.05) is 18.0 Å². The molecule has 2 aromatic carbocycles. The number of benzene rings is 2. The van der Waals surface area contributed by atoms with E-state index in [4.69, 9.17) is 37.8 Å². The topological polar surface area (TPSA) is 181 Å². The molecule has 1 aromatic heterocycles. The maximum Gasteiger partial charge on any atom is 0.490 e. The number of alkyl halides is 3. The molecule has 0 bridgehead atoms. The number of esters is 1. The zero-order valence-corrected chi connectivity index (χ0v) is 26.8. The number of halogens is 5. The highest BCUT2D eigenvalue weighted by Crippen LogP contribution is 2.26. The smallest absolute Gasteiger partial charge is 0.481 e. The number of nitrogens with one attached hydrogen (secondary N) is 2. The third-order valence-electron chi connectivity index (χ3n) is 6.65. The first kappa shape index (κ1) is 38.6. The van der Waals surface area contributed by atoms with Crippen LogP contribution in [0.15, 0.2) is 42.5 Å². The zero-order valence-electron chi connectivity index (χ0n) is 25.3. The Balaban J connectivity index is 0.000000984. The van der Waals surface area contributed by atoms with Gasteiger partial charge in [0.15, 0.2) is 12.4 Å². The van der Waals surface area contributed by atoms with Crippen LogP contribution in [-0.2, 0) is 31.0 Å². The number of aliphatic carboxylic acids is 2. The van der Waals surface area contributed by atoms with Crippen molar-refractivity contribution in [3.05, 3.63) is 69.3 Å². The lowest BCUT2D eigenvalue weighted by Gasteiger charge is -2.25. The van der Waals surface area contributed by atoms with Gasteiger partial charge in [-0.2, -0.15) is 13.2 Å². The molecule has 3 rings (SSSR count). The van der Waals surface area contributed by atoms with Gasteiger partial charge in [-0.3, -0.25) is 19.2 Å². The average Bonchev–Trinajstić information content (AvgIpc) is 3.22. The molecule has 17 heteroatoms. The van der Waals surface area contributed by atoms with Crippen molar-refractivity contribution in [2.24, 2.45) is 13.0 Å². The lowest BCUT2D eigenvalue weighted by molar-refractivity contribution is -0.192. The van der Waals surface area contributed by atoms with Gasteiger partial charge < -0.3 is 30.2 Å². The molecule has 0 saturated heterocycles. The molecule has 254 valence electrons. The van der Waals surface area contributed by atoms with Crippen LogP contribution in [0.5, 0.6) is 0 Å². The fourth-order valence-electron chi connectivity index (χ4n) is 4.33. The molecule has 47 heavy (non-hydrogen) atoms. The van der Waals surface area contributed by atoms with Gasteiger partial charge in [0.2, 0.25) is 5.91 Å². The Hall–Kier alpha value is -4.63. The van der Waals surface area contributed by atoms with Crippen molar-refractivity contribution in [2.45, 2.75) is 45.5 Å². The second-order valence-corrected chi connectivity index (χ2v) is 11.2. The Kier molecular flexibility index (Phi) is 13.3. The summed E-state index contributed by atoms with van der Waals surface area (Å²) >= 11 is 12.0. The molecule has 0 aliphatic heterocycles. The van der Waals surface area contributed by atoms with Gasteiger partial charge in [-0.15, -0.1) is 0 Å². The van der Waals surface area contributed by atoms with Crippen molar-refractivity contribution in [1.82, 2.24) is 15.2 Å². The summed E-state index contributed by atoms with van der Waals surface area (Å²) in [5.41, 5.74) is 1.79. The number of para-hydroxylation sites is 1. The summed E-state index contributed by atoms with van der Waals surface area (Å²) in [6.45, 7) is 4.36. The lowest BCUT2D eigenvalue weighted by atomic mass is 10.0. The molecule has 3 aromatic rings. The number of aromatic nitrogens is 1. The number of carbonyl (C=O) groups excluding carboxylic acids is 4. The molecule has 0 fully saturated rings. The number of nitrogens with zero attached hydrogens (tertiary/aromatic N) is 1. The number of Topliss-reactive ketones (excluding diaryl/α,β-unsaturated/α-hetero) is 1. The van der Waals surface area contributed by atoms with Gasteiger partial charge in [0.05, 0.1) is 22.0 Å². The molecule has 2 amide bonds. The number of fused-ring (bicyclic) bond motifs is 1. The van der Waals surface area contributed by atoms with Crippen molar-refractivity contribution in [2.75, 3.05) is 6.61 Å². The lowest BCUT2D eigenvalue weighted by Crippen LogP contribution is -2.54. The minimum absolute atomic E-state index is 0.0113. The van der Waals surface area contributed by atoms with Gasteiger partial charge in [-0.25, -0.2) is 9.59 Å². The van der Waals surface area contributed by atoms with Crippen LogP contribution in [-0.4, -0.2) is 75.2 Å². The minimum atomic E-state index is -5.08. The predicted octanol–water partition coefficient (Wildman–Crippen LogP) is 4.57. The average molecular weight is 704 g/mol. The van der Waals surface area contributed by atoms with Crippen LogP contribution in [0.25, 0.3) is 10.9 Å². The number of rotatable bonds is 11. The number of hydrogen-bond acceptors (Lipinski definition) is 7.